The van der Waals surface area contributed by atoms with Crippen LogP contribution < -0.4 is 4.90 Å². The van der Waals surface area contributed by atoms with Gasteiger partial charge in [0.15, 0.2) is 5.78 Å². The minimum Gasteiger partial charge on any atom is -0.297 e. The van der Waals surface area contributed by atoms with E-state index in [1.807, 2.05) is 121 Å². The van der Waals surface area contributed by atoms with Crippen LogP contribution in [0.25, 0.3) is 11.1 Å². The van der Waals surface area contributed by atoms with Crippen LogP contribution in [0.4, 0.5) is 11.4 Å². The van der Waals surface area contributed by atoms with Crippen molar-refractivity contribution in [2.45, 2.75) is 10.8 Å². The molecule has 7 nitrogen and oxygen atoms in total. The zero-order valence-electron chi connectivity index (χ0n) is 24.7. The van der Waals surface area contributed by atoms with Crippen LogP contribution in [0.15, 0.2) is 140 Å². The van der Waals surface area contributed by atoms with Gasteiger partial charge >= 0.3 is 0 Å². The lowest BCUT2D eigenvalue weighted by atomic mass is 9.59. The molecule has 0 spiro atoms. The average Bonchev–Trinajstić information content (AvgIpc) is 3.62. The Morgan fingerprint density at radius 2 is 1.00 bits per heavy atom. The van der Waals surface area contributed by atoms with E-state index in [0.717, 1.165) is 22.1 Å². The lowest BCUT2D eigenvalue weighted by Gasteiger charge is -2.39. The number of halogens is 1. The fourth-order valence-corrected chi connectivity index (χ4v) is 8.56. The standard InChI is InChI=1S/C39H25ClN2O5/c40-29-22-21-28(42(46)47)23-30(29)41-35(43)33-34(36(41)44)39(27-19-11-4-12-20-27)32(25-15-7-2-8-16-25)31(24-13-5-1-6-14-24)38(33,37(39)45)26-17-9-3-10-18-26/h1-23,33-34H/t33-,34-,38-,39+/m1/s1. The van der Waals surface area contributed by atoms with Gasteiger partial charge in [0.05, 0.1) is 38.3 Å². The van der Waals surface area contributed by atoms with Gasteiger partial charge in [0.25, 0.3) is 5.69 Å². The number of carbonyl (C=O) groups excluding carboxylic acids is 3. The van der Waals surface area contributed by atoms with E-state index in [0.29, 0.717) is 22.3 Å². The molecule has 3 aliphatic rings. The van der Waals surface area contributed by atoms with Gasteiger partial charge in [-0.1, -0.05) is 133 Å². The fourth-order valence-electron chi connectivity index (χ4n) is 8.36. The Morgan fingerprint density at radius 1 is 0.596 bits per heavy atom. The number of hydrogen-bond acceptors (Lipinski definition) is 5. The summed E-state index contributed by atoms with van der Waals surface area (Å²) < 4.78 is 0. The number of benzene rings is 5. The maximum atomic E-state index is 15.9. The van der Waals surface area contributed by atoms with Gasteiger partial charge in [-0.05, 0) is 39.5 Å². The number of rotatable bonds is 6. The van der Waals surface area contributed by atoms with E-state index in [-0.39, 0.29) is 22.2 Å². The van der Waals surface area contributed by atoms with E-state index in [1.54, 1.807) is 0 Å². The molecule has 0 N–H and O–H groups in total. The monoisotopic (exact) mass is 636 g/mol. The van der Waals surface area contributed by atoms with Gasteiger partial charge in [-0.2, -0.15) is 0 Å². The van der Waals surface area contributed by atoms with Crippen LogP contribution in [0.1, 0.15) is 22.3 Å². The molecule has 0 unspecified atom stereocenters. The Morgan fingerprint density at radius 3 is 1.40 bits per heavy atom. The molecule has 8 heteroatoms. The third-order valence-corrected chi connectivity index (χ3v) is 10.3. The Kier molecular flexibility index (Phi) is 6.39. The van der Waals surface area contributed by atoms with Crippen LogP contribution in [0.2, 0.25) is 5.02 Å². The second-order valence-corrected chi connectivity index (χ2v) is 12.4. The molecule has 5 aromatic rings. The number of carbonyl (C=O) groups is 3. The van der Waals surface area contributed by atoms with Crippen molar-refractivity contribution in [3.8, 4) is 0 Å². The Labute approximate surface area is 274 Å². The number of non-ortho nitro benzene ring substituents is 1. The maximum absolute atomic E-state index is 15.9. The number of imide groups is 1. The molecule has 5 aromatic carbocycles. The molecule has 2 bridgehead atoms. The van der Waals surface area contributed by atoms with Crippen LogP contribution >= 0.6 is 11.6 Å². The molecule has 1 saturated heterocycles. The number of allylic oxidation sites excluding steroid dienone is 2. The molecule has 4 atom stereocenters. The first-order chi connectivity index (χ1) is 22.8. The molecule has 1 heterocycles. The van der Waals surface area contributed by atoms with Crippen molar-refractivity contribution >= 4 is 51.7 Å². The highest BCUT2D eigenvalue weighted by Gasteiger charge is 2.82. The topological polar surface area (TPSA) is 97.6 Å². The van der Waals surface area contributed by atoms with Crippen molar-refractivity contribution in [2.75, 3.05) is 4.90 Å². The molecule has 0 aromatic heterocycles. The summed E-state index contributed by atoms with van der Waals surface area (Å²) in [5.74, 6) is -3.83. The van der Waals surface area contributed by atoms with Gasteiger partial charge in [-0.15, -0.1) is 0 Å². The number of nitro groups is 1. The molecule has 2 fully saturated rings. The Hall–Kier alpha value is -5.66. The van der Waals surface area contributed by atoms with E-state index in [4.69, 9.17) is 11.6 Å². The fraction of sp³-hybridized carbons (Fsp3) is 0.103. The largest absolute Gasteiger partial charge is 0.297 e. The first kappa shape index (κ1) is 28.8. The normalized spacial score (nSPS) is 24.6. The van der Waals surface area contributed by atoms with Crippen molar-refractivity contribution < 1.29 is 19.3 Å². The molecule has 228 valence electrons. The lowest BCUT2D eigenvalue weighted by molar-refractivity contribution is -0.384. The van der Waals surface area contributed by atoms with Gasteiger partial charge in [0.1, 0.15) is 0 Å². The third-order valence-electron chi connectivity index (χ3n) is 9.96. The molecular weight excluding hydrogens is 612 g/mol. The smallest absolute Gasteiger partial charge is 0.271 e. The van der Waals surface area contributed by atoms with Crippen molar-refractivity contribution in [3.05, 3.63) is 177 Å². The van der Waals surface area contributed by atoms with E-state index < -0.39 is 39.4 Å². The van der Waals surface area contributed by atoms with Crippen LogP contribution in [-0.4, -0.2) is 22.5 Å². The van der Waals surface area contributed by atoms with Gasteiger partial charge in [0.2, 0.25) is 11.8 Å². The summed E-state index contributed by atoms with van der Waals surface area (Å²) in [4.78, 5) is 58.1. The van der Waals surface area contributed by atoms with Gasteiger partial charge < -0.3 is 0 Å². The first-order valence-corrected chi connectivity index (χ1v) is 15.6. The van der Waals surface area contributed by atoms with Crippen molar-refractivity contribution in [1.82, 2.24) is 0 Å². The summed E-state index contributed by atoms with van der Waals surface area (Å²) in [5, 5.41) is 11.8. The minimum absolute atomic E-state index is 0.0120. The quantitative estimate of drug-likeness (QED) is 0.110. The SMILES string of the molecule is O=C1[C@H]2[C@H](C(=O)N1c1cc([N+](=O)[O-])ccc1Cl)[C@]1(c3ccccc3)C(=O)[C@@]2(c2ccccc2)C(c2ccccc2)=C1c1ccccc1. The highest BCUT2D eigenvalue weighted by molar-refractivity contribution is 6.41. The summed E-state index contributed by atoms with van der Waals surface area (Å²) >= 11 is 6.59. The van der Waals surface area contributed by atoms with E-state index in [9.17, 15) is 10.1 Å². The van der Waals surface area contributed by atoms with E-state index >= 15 is 14.4 Å². The number of nitrogens with zero attached hydrogens (tertiary/aromatic N) is 2. The zero-order valence-corrected chi connectivity index (χ0v) is 25.5. The first-order valence-electron chi connectivity index (χ1n) is 15.2. The van der Waals surface area contributed by atoms with Crippen molar-refractivity contribution in [1.29, 1.82) is 0 Å². The number of anilines is 1. The van der Waals surface area contributed by atoms with Crippen molar-refractivity contribution in [2.24, 2.45) is 11.8 Å². The van der Waals surface area contributed by atoms with Crippen LogP contribution in [0.3, 0.4) is 0 Å². The van der Waals surface area contributed by atoms with Crippen LogP contribution in [0.5, 0.6) is 0 Å². The summed E-state index contributed by atoms with van der Waals surface area (Å²) in [6.45, 7) is 0. The minimum atomic E-state index is -1.58. The van der Waals surface area contributed by atoms with Gasteiger partial charge in [-0.3, -0.25) is 24.5 Å². The predicted molar refractivity (Wildman–Crippen MR) is 179 cm³/mol. The maximum Gasteiger partial charge on any atom is 0.271 e. The molecule has 1 aliphatic heterocycles. The number of hydrogen-bond donors (Lipinski definition) is 0. The second-order valence-electron chi connectivity index (χ2n) is 12.0. The number of fused-ring (bicyclic) bond motifs is 5. The van der Waals surface area contributed by atoms with Crippen molar-refractivity contribution in [3.63, 3.8) is 0 Å². The number of Topliss-reactive ketones (excluding diaryl/α,β-unsaturated/α-hetero) is 1. The van der Waals surface area contributed by atoms with E-state index in [1.165, 1.54) is 12.1 Å². The number of ketones is 1. The predicted octanol–water partition coefficient (Wildman–Crippen LogP) is 7.44. The Bertz CT molecular complexity index is 2030. The summed E-state index contributed by atoms with van der Waals surface area (Å²) in [5.41, 5.74) is 0.477. The molecule has 47 heavy (non-hydrogen) atoms. The highest BCUT2D eigenvalue weighted by Crippen LogP contribution is 2.74. The molecule has 1 saturated carbocycles. The van der Waals surface area contributed by atoms with Gasteiger partial charge in [0, 0.05) is 12.1 Å². The highest BCUT2D eigenvalue weighted by atomic mass is 35.5. The molecule has 2 aliphatic carbocycles. The van der Waals surface area contributed by atoms with Gasteiger partial charge in [-0.25, -0.2) is 4.90 Å². The average molecular weight is 637 g/mol. The lowest BCUT2D eigenvalue weighted by Crippen LogP contribution is -2.45. The third kappa shape index (κ3) is 3.66. The number of amides is 2. The summed E-state index contributed by atoms with van der Waals surface area (Å²) in [7, 11) is 0. The molecule has 8 rings (SSSR count). The van der Waals surface area contributed by atoms with Crippen LogP contribution in [-0.2, 0) is 25.2 Å². The molecule has 2 amide bonds. The number of nitro benzene ring substituents is 1. The zero-order chi connectivity index (χ0) is 32.5. The van der Waals surface area contributed by atoms with Crippen LogP contribution in [0, 0.1) is 22.0 Å². The summed E-state index contributed by atoms with van der Waals surface area (Å²) in [6.07, 6.45) is 0. The Balaban J connectivity index is 1.54. The molecular formula is C39H25ClN2O5. The van der Waals surface area contributed by atoms with E-state index in [2.05, 4.69) is 0 Å². The summed E-state index contributed by atoms with van der Waals surface area (Å²) in [6, 6.07) is 41.1. The molecule has 0 radical (unpaired) electrons. The second kappa shape index (κ2) is 10.4.